The van der Waals surface area contributed by atoms with E-state index in [-0.39, 0.29) is 0 Å². The molecular formula is C20H26N6. The summed E-state index contributed by atoms with van der Waals surface area (Å²) in [4.78, 5) is 19.0. The van der Waals surface area contributed by atoms with Crippen molar-refractivity contribution in [2.45, 2.75) is 12.8 Å². The highest BCUT2D eigenvalue weighted by Gasteiger charge is 2.24. The van der Waals surface area contributed by atoms with E-state index in [1.807, 2.05) is 24.4 Å². The first-order valence-electron chi connectivity index (χ1n) is 9.44. The number of anilines is 1. The van der Waals surface area contributed by atoms with Crippen molar-refractivity contribution < 1.29 is 0 Å². The lowest BCUT2D eigenvalue weighted by Crippen LogP contribution is -2.47. The van der Waals surface area contributed by atoms with Gasteiger partial charge in [0.15, 0.2) is 5.82 Å². The fourth-order valence-electron chi connectivity index (χ4n) is 3.74. The summed E-state index contributed by atoms with van der Waals surface area (Å²) in [5.41, 5.74) is 3.49. The Morgan fingerprint density at radius 2 is 1.96 bits per heavy atom. The molecule has 26 heavy (non-hydrogen) atoms. The van der Waals surface area contributed by atoms with Gasteiger partial charge >= 0.3 is 0 Å². The molecule has 2 aromatic rings. The zero-order chi connectivity index (χ0) is 17.8. The average Bonchev–Trinajstić information content (AvgIpc) is 2.94. The van der Waals surface area contributed by atoms with Crippen molar-refractivity contribution in [3.63, 3.8) is 0 Å². The molecule has 1 fully saturated rings. The van der Waals surface area contributed by atoms with Gasteiger partial charge in [-0.15, -0.1) is 6.58 Å². The maximum atomic E-state index is 5.00. The summed E-state index contributed by atoms with van der Waals surface area (Å²) >= 11 is 0. The van der Waals surface area contributed by atoms with Crippen molar-refractivity contribution in [3.8, 4) is 11.4 Å². The number of hydrogen-bond donors (Lipinski definition) is 1. The number of nitrogens with zero attached hydrogens (tertiary/aromatic N) is 5. The van der Waals surface area contributed by atoms with E-state index in [1.165, 1.54) is 11.3 Å². The molecule has 2 aromatic heterocycles. The third-order valence-corrected chi connectivity index (χ3v) is 5.14. The van der Waals surface area contributed by atoms with Crippen LogP contribution in [0.4, 0.5) is 5.82 Å². The molecule has 0 spiro atoms. The largest absolute Gasteiger partial charge is 0.354 e. The van der Waals surface area contributed by atoms with Gasteiger partial charge in [0.1, 0.15) is 5.82 Å². The van der Waals surface area contributed by atoms with Crippen LogP contribution in [0.1, 0.15) is 11.3 Å². The Morgan fingerprint density at radius 1 is 1.12 bits per heavy atom. The van der Waals surface area contributed by atoms with Crippen molar-refractivity contribution in [3.05, 3.63) is 48.4 Å². The first-order valence-corrected chi connectivity index (χ1v) is 9.44. The average molecular weight is 350 g/mol. The number of aromatic nitrogens is 3. The molecule has 0 amide bonds. The zero-order valence-electron chi connectivity index (χ0n) is 15.2. The first-order chi connectivity index (χ1) is 12.8. The van der Waals surface area contributed by atoms with E-state index >= 15 is 0 Å². The minimum Gasteiger partial charge on any atom is -0.354 e. The maximum Gasteiger partial charge on any atom is 0.163 e. The molecule has 0 unspecified atom stereocenters. The van der Waals surface area contributed by atoms with Crippen LogP contribution in [0.25, 0.3) is 11.4 Å². The maximum absolute atomic E-state index is 5.00. The lowest BCUT2D eigenvalue weighted by atomic mass is 10.1. The quantitative estimate of drug-likeness (QED) is 0.844. The van der Waals surface area contributed by atoms with Gasteiger partial charge in [-0.05, 0) is 25.1 Å². The summed E-state index contributed by atoms with van der Waals surface area (Å²) < 4.78 is 0. The Kier molecular flexibility index (Phi) is 5.22. The highest BCUT2D eigenvalue weighted by atomic mass is 15.3. The molecular weight excluding hydrogens is 324 g/mol. The Bertz CT molecular complexity index is 752. The van der Waals surface area contributed by atoms with E-state index in [0.717, 1.165) is 75.9 Å². The summed E-state index contributed by atoms with van der Waals surface area (Å²) in [5.74, 6) is 1.91. The van der Waals surface area contributed by atoms with Gasteiger partial charge in [0.05, 0.1) is 5.69 Å². The smallest absolute Gasteiger partial charge is 0.163 e. The van der Waals surface area contributed by atoms with E-state index in [2.05, 4.69) is 26.7 Å². The Labute approximate surface area is 155 Å². The molecule has 0 bridgehead atoms. The van der Waals surface area contributed by atoms with Crippen LogP contribution >= 0.6 is 0 Å². The minimum absolute atomic E-state index is 0.794. The van der Waals surface area contributed by atoms with E-state index < -0.39 is 0 Å². The number of piperazine rings is 1. The molecule has 0 atom stereocenters. The summed E-state index contributed by atoms with van der Waals surface area (Å²) in [6, 6.07) is 3.98. The lowest BCUT2D eigenvalue weighted by Gasteiger charge is -2.36. The van der Waals surface area contributed by atoms with Crippen LogP contribution in [0, 0.1) is 0 Å². The van der Waals surface area contributed by atoms with Crippen LogP contribution in [0.2, 0.25) is 0 Å². The molecule has 2 aliphatic rings. The van der Waals surface area contributed by atoms with Crippen molar-refractivity contribution in [1.29, 1.82) is 0 Å². The molecule has 0 radical (unpaired) electrons. The van der Waals surface area contributed by atoms with E-state index in [9.17, 15) is 0 Å². The van der Waals surface area contributed by atoms with Crippen LogP contribution in [0.3, 0.4) is 0 Å². The SMILES string of the molecule is C=CCN1CCN(c2nc(-c3cccnc3)nc3c2CCNCC3)CC1. The molecule has 136 valence electrons. The number of hydrogen-bond acceptors (Lipinski definition) is 6. The summed E-state index contributed by atoms with van der Waals surface area (Å²) in [7, 11) is 0. The van der Waals surface area contributed by atoms with E-state index in [0.29, 0.717) is 0 Å². The third-order valence-electron chi connectivity index (χ3n) is 5.14. The van der Waals surface area contributed by atoms with Crippen LogP contribution < -0.4 is 10.2 Å². The molecule has 0 aromatic carbocycles. The fraction of sp³-hybridized carbons (Fsp3) is 0.450. The van der Waals surface area contributed by atoms with Crippen LogP contribution in [-0.2, 0) is 12.8 Å². The minimum atomic E-state index is 0.794. The van der Waals surface area contributed by atoms with Gasteiger partial charge in [-0.1, -0.05) is 6.08 Å². The highest BCUT2D eigenvalue weighted by molar-refractivity contribution is 5.60. The van der Waals surface area contributed by atoms with Crippen molar-refractivity contribution >= 4 is 5.82 Å². The summed E-state index contributed by atoms with van der Waals surface area (Å²) in [6.45, 7) is 10.9. The molecule has 1 N–H and O–H groups in total. The molecule has 2 aliphatic heterocycles. The topological polar surface area (TPSA) is 57.2 Å². The summed E-state index contributed by atoms with van der Waals surface area (Å²) in [5, 5.41) is 3.49. The second-order valence-electron chi connectivity index (χ2n) is 6.86. The van der Waals surface area contributed by atoms with Gasteiger partial charge in [-0.25, -0.2) is 9.97 Å². The van der Waals surface area contributed by atoms with Crippen LogP contribution in [-0.4, -0.2) is 65.7 Å². The van der Waals surface area contributed by atoms with Crippen molar-refractivity contribution in [1.82, 2.24) is 25.2 Å². The van der Waals surface area contributed by atoms with Crippen LogP contribution in [0.5, 0.6) is 0 Å². The second-order valence-corrected chi connectivity index (χ2v) is 6.86. The first kappa shape index (κ1) is 17.1. The van der Waals surface area contributed by atoms with Crippen LogP contribution in [0.15, 0.2) is 37.2 Å². The Balaban J connectivity index is 1.69. The molecule has 6 heteroatoms. The number of pyridine rings is 1. The van der Waals surface area contributed by atoms with Gasteiger partial charge in [-0.2, -0.15) is 0 Å². The number of fused-ring (bicyclic) bond motifs is 1. The molecule has 0 saturated carbocycles. The second kappa shape index (κ2) is 7.93. The lowest BCUT2D eigenvalue weighted by molar-refractivity contribution is 0.283. The van der Waals surface area contributed by atoms with E-state index in [1.54, 1.807) is 6.20 Å². The van der Waals surface area contributed by atoms with Gasteiger partial charge in [0, 0.05) is 69.2 Å². The van der Waals surface area contributed by atoms with Gasteiger partial charge < -0.3 is 10.2 Å². The zero-order valence-corrected chi connectivity index (χ0v) is 15.2. The monoisotopic (exact) mass is 350 g/mol. The number of rotatable bonds is 4. The van der Waals surface area contributed by atoms with Gasteiger partial charge in [0.25, 0.3) is 0 Å². The third kappa shape index (κ3) is 3.61. The molecule has 1 saturated heterocycles. The predicted molar refractivity (Wildman–Crippen MR) is 104 cm³/mol. The molecule has 0 aliphatic carbocycles. The van der Waals surface area contributed by atoms with Gasteiger partial charge in [0.2, 0.25) is 0 Å². The molecule has 4 rings (SSSR count). The Morgan fingerprint density at radius 3 is 2.73 bits per heavy atom. The normalized spacial score (nSPS) is 18.2. The molecule has 6 nitrogen and oxygen atoms in total. The number of nitrogens with one attached hydrogen (secondary N) is 1. The Hall–Kier alpha value is -2.31. The summed E-state index contributed by atoms with van der Waals surface area (Å²) in [6.07, 6.45) is 7.57. The highest BCUT2D eigenvalue weighted by Crippen LogP contribution is 2.27. The van der Waals surface area contributed by atoms with Crippen molar-refractivity contribution in [2.75, 3.05) is 50.7 Å². The van der Waals surface area contributed by atoms with Crippen molar-refractivity contribution in [2.24, 2.45) is 0 Å². The fourth-order valence-corrected chi connectivity index (χ4v) is 3.74. The van der Waals surface area contributed by atoms with Gasteiger partial charge in [-0.3, -0.25) is 9.88 Å². The standard InChI is InChI=1S/C20H26N6/c1-2-10-25-11-13-26(14-12-25)20-17-5-8-21-9-6-18(17)23-19(24-20)16-4-3-7-22-15-16/h2-4,7,15,21H,1,5-6,8-14H2. The van der Waals surface area contributed by atoms with E-state index in [4.69, 9.17) is 9.97 Å². The predicted octanol–water partition coefficient (Wildman–Crippen LogP) is 1.53. The molecule has 4 heterocycles.